The van der Waals surface area contributed by atoms with Gasteiger partial charge in [-0.2, -0.15) is 15.8 Å². The van der Waals surface area contributed by atoms with Crippen LogP contribution in [0.25, 0.3) is 0 Å². The van der Waals surface area contributed by atoms with Gasteiger partial charge in [-0.05, 0) is 18.1 Å². The maximum absolute atomic E-state index is 9.99. The van der Waals surface area contributed by atoms with E-state index in [9.17, 15) is 15.8 Å². The molecule has 7 nitrogen and oxygen atoms in total. The zero-order valence-corrected chi connectivity index (χ0v) is 13.5. The average Bonchev–Trinajstić information content (AvgIpc) is 3.06. The van der Waals surface area contributed by atoms with E-state index in [1.165, 1.54) is 6.26 Å². The summed E-state index contributed by atoms with van der Waals surface area (Å²) >= 11 is 0. The molecule has 2 bridgehead atoms. The molecule has 4 unspecified atom stereocenters. The van der Waals surface area contributed by atoms with E-state index in [2.05, 4.69) is 0 Å². The molecule has 0 saturated carbocycles. The number of rotatable bonds is 2. The highest BCUT2D eigenvalue weighted by atomic mass is 16.7. The highest BCUT2D eigenvalue weighted by Crippen LogP contribution is 2.67. The SMILES string of the molecule is CC(C)C1C2(C)OC(=N)C(C#N)(C(c3ccco3)O2)C1(C#N)C#N. The lowest BCUT2D eigenvalue weighted by Crippen LogP contribution is -2.72. The van der Waals surface area contributed by atoms with Crippen LogP contribution >= 0.6 is 0 Å². The molecule has 7 heteroatoms. The van der Waals surface area contributed by atoms with Crippen molar-refractivity contribution in [1.82, 2.24) is 0 Å². The van der Waals surface area contributed by atoms with E-state index < -0.39 is 34.5 Å². The summed E-state index contributed by atoms with van der Waals surface area (Å²) in [5.74, 6) is -2.42. The minimum atomic E-state index is -1.90. The van der Waals surface area contributed by atoms with Crippen LogP contribution < -0.4 is 0 Å². The zero-order valence-electron chi connectivity index (χ0n) is 13.5. The average molecular weight is 324 g/mol. The van der Waals surface area contributed by atoms with E-state index in [0.717, 1.165) is 0 Å². The maximum Gasteiger partial charge on any atom is 0.215 e. The number of nitrogens with one attached hydrogen (secondary N) is 1. The number of nitriles is 3. The van der Waals surface area contributed by atoms with E-state index >= 15 is 0 Å². The smallest absolute Gasteiger partial charge is 0.215 e. The van der Waals surface area contributed by atoms with Crippen molar-refractivity contribution < 1.29 is 13.9 Å². The Kier molecular flexibility index (Phi) is 3.23. The summed E-state index contributed by atoms with van der Waals surface area (Å²) in [6, 6.07) is 9.32. The van der Waals surface area contributed by atoms with Crippen LogP contribution in [0.15, 0.2) is 22.8 Å². The lowest BCUT2D eigenvalue weighted by atomic mass is 9.49. The first kappa shape index (κ1) is 16.1. The third-order valence-corrected chi connectivity index (χ3v) is 5.06. The second-order valence-electron chi connectivity index (χ2n) is 6.63. The zero-order chi connectivity index (χ0) is 17.8. The fraction of sp³-hybridized carbons (Fsp3) is 0.529. The molecule has 3 fully saturated rings. The van der Waals surface area contributed by atoms with Crippen molar-refractivity contribution in [1.29, 1.82) is 21.2 Å². The summed E-state index contributed by atoms with van der Waals surface area (Å²) in [6.07, 6.45) is 0.345. The molecule has 3 saturated heterocycles. The molecule has 0 radical (unpaired) electrons. The topological polar surface area (TPSA) is 127 Å². The summed E-state index contributed by atoms with van der Waals surface area (Å²) < 4.78 is 17.0. The minimum absolute atomic E-state index is 0.187. The fourth-order valence-electron chi connectivity index (χ4n) is 4.27. The van der Waals surface area contributed by atoms with Crippen molar-refractivity contribution >= 4 is 5.90 Å². The highest BCUT2D eigenvalue weighted by molar-refractivity contribution is 5.88. The van der Waals surface area contributed by atoms with Crippen LogP contribution in [0.2, 0.25) is 0 Å². The number of hydrogen-bond acceptors (Lipinski definition) is 7. The van der Waals surface area contributed by atoms with Crippen molar-refractivity contribution in [2.75, 3.05) is 0 Å². The van der Waals surface area contributed by atoms with Gasteiger partial charge in [0.1, 0.15) is 11.9 Å². The monoisotopic (exact) mass is 324 g/mol. The van der Waals surface area contributed by atoms with E-state index in [4.69, 9.17) is 19.3 Å². The molecule has 1 aromatic heterocycles. The first-order valence-corrected chi connectivity index (χ1v) is 7.56. The molecule has 1 N–H and O–H groups in total. The summed E-state index contributed by atoms with van der Waals surface area (Å²) in [5.41, 5.74) is -3.70. The minimum Gasteiger partial charge on any atom is -0.467 e. The molecule has 4 heterocycles. The van der Waals surface area contributed by atoms with Crippen LogP contribution in [-0.4, -0.2) is 11.7 Å². The Morgan fingerprint density at radius 3 is 2.33 bits per heavy atom. The molecule has 122 valence electrons. The van der Waals surface area contributed by atoms with Gasteiger partial charge in [-0.15, -0.1) is 0 Å². The summed E-state index contributed by atoms with van der Waals surface area (Å²) in [4.78, 5) is 0. The molecule has 3 aliphatic heterocycles. The summed E-state index contributed by atoms with van der Waals surface area (Å²) in [5, 5.41) is 38.2. The van der Waals surface area contributed by atoms with Gasteiger partial charge in [0.25, 0.3) is 0 Å². The van der Waals surface area contributed by atoms with E-state index in [0.29, 0.717) is 0 Å². The molecule has 0 spiro atoms. The standard InChI is InChI=1S/C17H16N4O3/c1-10(2)12-15(3)23-13(11-5-4-6-22-11)17(9-20,14(21)24-15)16(12,7-18)8-19/h4-6,10,12-13,21H,1-3H3. The van der Waals surface area contributed by atoms with Gasteiger partial charge >= 0.3 is 0 Å². The lowest BCUT2D eigenvalue weighted by Gasteiger charge is -2.61. The molecular weight excluding hydrogens is 308 g/mol. The van der Waals surface area contributed by atoms with Gasteiger partial charge in [-0.1, -0.05) is 13.8 Å². The van der Waals surface area contributed by atoms with Gasteiger partial charge in [-0.3, -0.25) is 5.41 Å². The molecule has 0 amide bonds. The van der Waals surface area contributed by atoms with Gasteiger partial charge < -0.3 is 13.9 Å². The molecule has 1 aromatic rings. The summed E-state index contributed by atoms with van der Waals surface area (Å²) in [7, 11) is 0. The Morgan fingerprint density at radius 1 is 1.21 bits per heavy atom. The van der Waals surface area contributed by atoms with Crippen molar-refractivity contribution in [2.24, 2.45) is 22.7 Å². The Labute approximate surface area is 139 Å². The molecule has 4 atom stereocenters. The van der Waals surface area contributed by atoms with Crippen LogP contribution in [0.3, 0.4) is 0 Å². The van der Waals surface area contributed by atoms with Crippen LogP contribution in [0.1, 0.15) is 32.6 Å². The Hall–Kier alpha value is -2.82. The molecule has 24 heavy (non-hydrogen) atoms. The number of hydrogen-bond donors (Lipinski definition) is 1. The Morgan fingerprint density at radius 2 is 1.88 bits per heavy atom. The molecule has 3 aliphatic rings. The first-order valence-electron chi connectivity index (χ1n) is 7.56. The van der Waals surface area contributed by atoms with E-state index in [1.54, 1.807) is 19.1 Å². The number of furan rings is 1. The quantitative estimate of drug-likeness (QED) is 0.891. The second-order valence-corrected chi connectivity index (χ2v) is 6.63. The van der Waals surface area contributed by atoms with Crippen LogP contribution in [0, 0.1) is 62.1 Å². The van der Waals surface area contributed by atoms with Gasteiger partial charge in [0.2, 0.25) is 11.7 Å². The van der Waals surface area contributed by atoms with Gasteiger partial charge in [0, 0.05) is 6.92 Å². The van der Waals surface area contributed by atoms with Crippen LogP contribution in [0.4, 0.5) is 0 Å². The van der Waals surface area contributed by atoms with E-state index in [-0.39, 0.29) is 11.7 Å². The van der Waals surface area contributed by atoms with Gasteiger partial charge in [-0.25, -0.2) is 0 Å². The van der Waals surface area contributed by atoms with Crippen molar-refractivity contribution in [2.45, 2.75) is 32.7 Å². The Balaban J connectivity index is 2.37. The first-order chi connectivity index (χ1) is 11.3. The lowest BCUT2D eigenvalue weighted by molar-refractivity contribution is -0.352. The largest absolute Gasteiger partial charge is 0.467 e. The predicted molar refractivity (Wildman–Crippen MR) is 79.8 cm³/mol. The van der Waals surface area contributed by atoms with Crippen molar-refractivity contribution in [3.63, 3.8) is 0 Å². The highest BCUT2D eigenvalue weighted by Gasteiger charge is 2.80. The maximum atomic E-state index is 9.99. The van der Waals surface area contributed by atoms with Crippen molar-refractivity contribution in [3.8, 4) is 18.2 Å². The second kappa shape index (κ2) is 4.84. The van der Waals surface area contributed by atoms with Crippen LogP contribution in [0.5, 0.6) is 0 Å². The van der Waals surface area contributed by atoms with Gasteiger partial charge in [0.15, 0.2) is 10.8 Å². The summed E-state index contributed by atoms with van der Waals surface area (Å²) in [6.45, 7) is 5.28. The molecule has 0 aromatic carbocycles. The fourth-order valence-corrected chi connectivity index (χ4v) is 4.27. The third-order valence-electron chi connectivity index (χ3n) is 5.06. The number of nitrogens with zero attached hydrogens (tertiary/aromatic N) is 3. The number of ether oxygens (including phenoxy) is 2. The molecule has 4 rings (SSSR count). The van der Waals surface area contributed by atoms with Gasteiger partial charge in [0.05, 0.1) is 30.4 Å². The van der Waals surface area contributed by atoms with Crippen LogP contribution in [-0.2, 0) is 9.47 Å². The Bertz CT molecular complexity index is 796. The number of fused-ring (bicyclic) bond motifs is 3. The molecular formula is C17H16N4O3. The van der Waals surface area contributed by atoms with Crippen molar-refractivity contribution in [3.05, 3.63) is 24.2 Å². The molecule has 0 aliphatic carbocycles. The van der Waals surface area contributed by atoms with E-state index in [1.807, 2.05) is 32.1 Å². The third kappa shape index (κ3) is 1.54. The normalized spacial score (nSPS) is 36.5. The predicted octanol–water partition coefficient (Wildman–Crippen LogP) is 2.89.